The van der Waals surface area contributed by atoms with Gasteiger partial charge in [-0.15, -0.1) is 0 Å². The van der Waals surface area contributed by atoms with E-state index >= 15 is 0 Å². The number of hydrogen-bond acceptors (Lipinski definition) is 2. The van der Waals surface area contributed by atoms with E-state index in [9.17, 15) is 5.53 Å². The van der Waals surface area contributed by atoms with Crippen LogP contribution >= 0.6 is 0 Å². The molecule has 1 aliphatic rings. The van der Waals surface area contributed by atoms with E-state index < -0.39 is 0 Å². The van der Waals surface area contributed by atoms with Crippen LogP contribution in [0.4, 0.5) is 0 Å². The summed E-state index contributed by atoms with van der Waals surface area (Å²) in [4.78, 5) is 0. The summed E-state index contributed by atoms with van der Waals surface area (Å²) in [5.74, 6) is 0.644. The molecule has 4 nitrogen and oxygen atoms in total. The minimum atomic E-state index is 0. The van der Waals surface area contributed by atoms with E-state index in [0.29, 0.717) is 11.5 Å². The number of rotatable bonds is 14. The molecule has 0 amide bonds. The van der Waals surface area contributed by atoms with Gasteiger partial charge in [0.2, 0.25) is 11.4 Å². The predicted octanol–water partition coefficient (Wildman–Crippen LogP) is 12.7. The fourth-order valence-electron chi connectivity index (χ4n) is 5.77. The first-order valence-electron chi connectivity index (χ1n) is 18.1. The Morgan fingerprint density at radius 3 is 1.02 bits per heavy atom. The summed E-state index contributed by atoms with van der Waals surface area (Å²) in [5.41, 5.74) is 21.3. The summed E-state index contributed by atoms with van der Waals surface area (Å²) in [6.45, 7) is 8.98. The number of phenolic OH excluding ortho intramolecular Hbond substituents is 2. The Bertz CT molecular complexity index is 1440. The van der Waals surface area contributed by atoms with Crippen LogP contribution in [-0.4, -0.2) is 14.9 Å². The number of allylic oxidation sites excluding steroid dienone is 2. The first kappa shape index (κ1) is 41.4. The summed E-state index contributed by atoms with van der Waals surface area (Å²) in [6, 6.07) is 35.3. The summed E-state index contributed by atoms with van der Waals surface area (Å²) in [5, 5.41) is 17.3. The van der Waals surface area contributed by atoms with Gasteiger partial charge in [0.15, 0.2) is 0 Å². The van der Waals surface area contributed by atoms with Crippen LogP contribution < -0.4 is 0 Å². The smallest absolute Gasteiger partial charge is 0.211 e. The van der Waals surface area contributed by atoms with Crippen molar-refractivity contribution in [3.8, 4) is 11.5 Å². The molecule has 0 spiro atoms. The van der Waals surface area contributed by atoms with Crippen LogP contribution in [0.15, 0.2) is 120 Å². The van der Waals surface area contributed by atoms with Gasteiger partial charge in [0.05, 0.1) is 0 Å². The fourth-order valence-corrected chi connectivity index (χ4v) is 5.77. The molecule has 0 saturated carbocycles. The molecule has 49 heavy (non-hydrogen) atoms. The molecule has 4 aromatic carbocycles. The van der Waals surface area contributed by atoms with Gasteiger partial charge in [-0.2, -0.15) is 0 Å². The second-order valence-corrected chi connectivity index (χ2v) is 12.4. The van der Waals surface area contributed by atoms with Crippen molar-refractivity contribution in [2.45, 2.75) is 105 Å². The van der Waals surface area contributed by atoms with E-state index in [4.69, 9.17) is 10.2 Å². The minimum Gasteiger partial charge on any atom is -0.508 e. The van der Waals surface area contributed by atoms with Crippen LogP contribution in [0.2, 0.25) is 0 Å². The Kier molecular flexibility index (Phi) is 19.9. The van der Waals surface area contributed by atoms with E-state index in [-0.39, 0.29) is 20.4 Å². The molecule has 0 aromatic heterocycles. The van der Waals surface area contributed by atoms with Gasteiger partial charge in [0, 0.05) is 42.7 Å². The maximum absolute atomic E-state index is 11.6. The molecule has 0 radical (unpaired) electrons. The van der Waals surface area contributed by atoms with Crippen LogP contribution in [0.1, 0.15) is 114 Å². The van der Waals surface area contributed by atoms with Crippen molar-refractivity contribution in [2.24, 2.45) is 0 Å². The number of para-hydroxylation sites is 2. The maximum Gasteiger partial charge on any atom is 0.211 e. The number of hydrogen-bond donors (Lipinski definition) is 2. The van der Waals surface area contributed by atoms with Crippen molar-refractivity contribution < 1.29 is 35.3 Å². The van der Waals surface area contributed by atoms with Crippen LogP contribution in [0.5, 0.6) is 11.5 Å². The molecule has 0 bridgehead atoms. The normalized spacial score (nSPS) is 12.1. The molecule has 1 heterocycles. The number of phenols is 2. The van der Waals surface area contributed by atoms with Crippen LogP contribution in [0.25, 0.3) is 16.9 Å². The van der Waals surface area contributed by atoms with Gasteiger partial charge in [-0.1, -0.05) is 114 Å². The Hall–Kier alpha value is -3.78. The fraction of sp³-hybridized carbons (Fsp3) is 0.364. The van der Waals surface area contributed by atoms with Crippen molar-refractivity contribution in [2.75, 3.05) is 0 Å². The summed E-state index contributed by atoms with van der Waals surface area (Å²) in [7, 11) is 0. The van der Waals surface area contributed by atoms with Gasteiger partial charge < -0.3 is 15.7 Å². The Balaban J connectivity index is 0.000000456. The molecule has 0 fully saturated rings. The molecule has 4 aromatic rings. The molecule has 2 N–H and O–H groups in total. The number of unbranched alkanes of at least 4 members (excludes halogenated alkanes) is 4. The molecular weight excluding hydrogens is 695 g/mol. The average molecular weight is 751 g/mol. The Morgan fingerprint density at radius 1 is 0.449 bits per heavy atom. The summed E-state index contributed by atoms with van der Waals surface area (Å²) < 4.78 is 1.51. The zero-order valence-corrected chi connectivity index (χ0v) is 31.5. The molecule has 0 saturated heterocycles. The second kappa shape index (κ2) is 23.6. The number of aromatic hydroxyl groups is 2. The second-order valence-electron chi connectivity index (χ2n) is 12.4. The van der Waals surface area contributed by atoms with Crippen molar-refractivity contribution in [3.63, 3.8) is 0 Å². The quantitative estimate of drug-likeness (QED) is 0.0995. The topological polar surface area (TPSA) is 65.8 Å². The van der Waals surface area contributed by atoms with Gasteiger partial charge in [-0.3, -0.25) is 0 Å². The van der Waals surface area contributed by atoms with Gasteiger partial charge in [-0.05, 0) is 111 Å². The van der Waals surface area contributed by atoms with Crippen LogP contribution in [0.3, 0.4) is 0 Å². The molecule has 264 valence electrons. The van der Waals surface area contributed by atoms with Crippen molar-refractivity contribution >= 4 is 11.4 Å². The van der Waals surface area contributed by atoms with Gasteiger partial charge in [0.1, 0.15) is 11.5 Å². The van der Waals surface area contributed by atoms with Crippen molar-refractivity contribution in [1.82, 2.24) is 0 Å². The molecular formula is C44H56N2O2Pd. The van der Waals surface area contributed by atoms with E-state index in [1.165, 1.54) is 52.7 Å². The van der Waals surface area contributed by atoms with Crippen molar-refractivity contribution in [1.29, 1.82) is 0 Å². The monoisotopic (exact) mass is 750 g/mol. The average Bonchev–Trinajstić information content (AvgIpc) is 3.39. The zero-order chi connectivity index (χ0) is 34.6. The maximum atomic E-state index is 11.6. The largest absolute Gasteiger partial charge is 0.508 e. The van der Waals surface area contributed by atoms with Gasteiger partial charge in [-0.25, -0.2) is 4.70 Å². The van der Waals surface area contributed by atoms with E-state index in [0.717, 1.165) is 73.9 Å². The first-order chi connectivity index (χ1) is 23.4. The molecule has 0 unspecified atom stereocenters. The zero-order valence-electron chi connectivity index (χ0n) is 30.0. The minimum absolute atomic E-state index is 0. The van der Waals surface area contributed by atoms with Gasteiger partial charge in [0.25, 0.3) is 0 Å². The third kappa shape index (κ3) is 13.6. The molecule has 0 atom stereocenters. The molecule has 0 aliphatic carbocycles. The number of aryl methyl sites for hydroxylation is 2. The van der Waals surface area contributed by atoms with Gasteiger partial charge >= 0.3 is 0 Å². The van der Waals surface area contributed by atoms with E-state index in [1.807, 2.05) is 12.1 Å². The van der Waals surface area contributed by atoms with E-state index in [1.54, 1.807) is 48.5 Å². The Morgan fingerprint density at radius 2 is 0.755 bits per heavy atom. The van der Waals surface area contributed by atoms with Crippen molar-refractivity contribution in [3.05, 3.63) is 148 Å². The van der Waals surface area contributed by atoms with E-state index in [2.05, 4.69) is 76.2 Å². The third-order valence-electron chi connectivity index (χ3n) is 8.53. The Labute approximate surface area is 309 Å². The predicted molar refractivity (Wildman–Crippen MR) is 203 cm³/mol. The summed E-state index contributed by atoms with van der Waals surface area (Å²) in [6.07, 6.45) is 13.7. The summed E-state index contributed by atoms with van der Waals surface area (Å²) >= 11 is 0. The third-order valence-corrected chi connectivity index (χ3v) is 8.53. The SMILES string of the molecule is CCCCC1=C(c2ccc(CCCC)cc2)[N+](=[N-])C(c2ccc(CCCC)cc2)=C1CCCC.Oc1ccccc1.Oc1ccccc1.[Pd]. The molecule has 5 rings (SSSR count). The van der Waals surface area contributed by atoms with Crippen LogP contribution in [0, 0.1) is 0 Å². The number of nitrogens with zero attached hydrogens (tertiary/aromatic N) is 2. The van der Waals surface area contributed by atoms with Crippen LogP contribution in [-0.2, 0) is 33.3 Å². The standard InChI is InChI=1S/C32H44N2.2C6H6O.Pd/c1-5-9-13-25-17-21-27(22-18-25)31-29(15-11-7-3)30(16-12-8-4)32(34(31)33)28-23-19-26(20-24-28)14-10-6-2;2*7-6-4-2-1-3-5-6;/h17-24H,5-16H2,1-4H3;2*1-5,7H;. The number of benzene rings is 4. The molecule has 5 heteroatoms. The molecule has 1 aliphatic heterocycles. The first-order valence-corrected chi connectivity index (χ1v) is 18.1.